The van der Waals surface area contributed by atoms with Crippen LogP contribution in [0.2, 0.25) is 0 Å². The second-order valence-corrected chi connectivity index (χ2v) is 5.44. The molecular formula is C12H21N5O. The summed E-state index contributed by atoms with van der Waals surface area (Å²) in [7, 11) is 0. The summed E-state index contributed by atoms with van der Waals surface area (Å²) in [5.74, 6) is 7.96. The highest BCUT2D eigenvalue weighted by Crippen LogP contribution is 2.39. The minimum atomic E-state index is -0.494. The fourth-order valence-corrected chi connectivity index (χ4v) is 1.56. The van der Waals surface area contributed by atoms with Crippen molar-refractivity contribution in [3.05, 3.63) is 11.9 Å². The summed E-state index contributed by atoms with van der Waals surface area (Å²) in [4.78, 5) is 8.82. The minimum Gasteiger partial charge on any atom is -0.391 e. The Bertz CT molecular complexity index is 428. The maximum absolute atomic E-state index is 9.71. The van der Waals surface area contributed by atoms with Crippen molar-refractivity contribution >= 4 is 11.6 Å². The number of aliphatic hydroxyl groups excluding tert-OH is 1. The van der Waals surface area contributed by atoms with Crippen LogP contribution in [0.5, 0.6) is 0 Å². The number of rotatable bonds is 5. The summed E-state index contributed by atoms with van der Waals surface area (Å²) in [6.45, 7) is 5.59. The second-order valence-electron chi connectivity index (χ2n) is 5.44. The number of nitrogens with two attached hydrogens (primary N) is 1. The molecule has 1 atom stereocenters. The lowest BCUT2D eigenvalue weighted by atomic mass is 9.99. The molecule has 1 fully saturated rings. The highest BCUT2D eigenvalue weighted by atomic mass is 16.3. The number of nitrogens with one attached hydrogen (secondary N) is 2. The van der Waals surface area contributed by atoms with Gasteiger partial charge < -0.3 is 15.8 Å². The van der Waals surface area contributed by atoms with Gasteiger partial charge in [-0.05, 0) is 33.6 Å². The molecule has 100 valence electrons. The number of aliphatic hydroxyl groups is 1. The zero-order valence-corrected chi connectivity index (χ0v) is 11.1. The lowest BCUT2D eigenvalue weighted by molar-refractivity contribution is 0.133. The van der Waals surface area contributed by atoms with Gasteiger partial charge in [0.15, 0.2) is 0 Å². The molecule has 0 bridgehead atoms. The smallest absolute Gasteiger partial charge is 0.145 e. The van der Waals surface area contributed by atoms with E-state index in [4.69, 9.17) is 5.84 Å². The van der Waals surface area contributed by atoms with Gasteiger partial charge in [-0.1, -0.05) is 0 Å². The van der Waals surface area contributed by atoms with Gasteiger partial charge in [0, 0.05) is 12.0 Å². The van der Waals surface area contributed by atoms with E-state index in [9.17, 15) is 5.11 Å². The van der Waals surface area contributed by atoms with Gasteiger partial charge in [0.25, 0.3) is 0 Å². The van der Waals surface area contributed by atoms with Crippen molar-refractivity contribution in [2.75, 3.05) is 10.7 Å². The van der Waals surface area contributed by atoms with Crippen LogP contribution in [-0.4, -0.2) is 26.7 Å². The zero-order chi connectivity index (χ0) is 13.3. The molecule has 1 unspecified atom stereocenters. The van der Waals surface area contributed by atoms with Crippen LogP contribution in [0.3, 0.4) is 0 Å². The summed E-state index contributed by atoms with van der Waals surface area (Å²) >= 11 is 0. The molecule has 1 aliphatic carbocycles. The van der Waals surface area contributed by atoms with E-state index in [1.807, 2.05) is 13.8 Å². The maximum Gasteiger partial charge on any atom is 0.145 e. The van der Waals surface area contributed by atoms with E-state index in [-0.39, 0.29) is 0 Å². The molecule has 0 amide bonds. The van der Waals surface area contributed by atoms with Crippen molar-refractivity contribution in [2.45, 2.75) is 51.2 Å². The van der Waals surface area contributed by atoms with E-state index in [0.29, 0.717) is 17.6 Å². The van der Waals surface area contributed by atoms with Crippen LogP contribution in [0.1, 0.15) is 45.4 Å². The molecule has 0 saturated heterocycles. The van der Waals surface area contributed by atoms with Gasteiger partial charge in [0.2, 0.25) is 0 Å². The van der Waals surface area contributed by atoms with Gasteiger partial charge in [-0.15, -0.1) is 0 Å². The molecule has 6 nitrogen and oxygen atoms in total. The SMILES string of the molecule is CC(O)C(C)(C)Nc1cc(NN)nc(C2CC2)n1. The van der Waals surface area contributed by atoms with Gasteiger partial charge in [0.1, 0.15) is 17.5 Å². The average Bonchev–Trinajstić information content (AvgIpc) is 3.11. The van der Waals surface area contributed by atoms with E-state index in [1.165, 1.54) is 0 Å². The summed E-state index contributed by atoms with van der Waals surface area (Å²) in [5, 5.41) is 12.9. The van der Waals surface area contributed by atoms with Gasteiger partial charge in [-0.25, -0.2) is 15.8 Å². The highest BCUT2D eigenvalue weighted by molar-refractivity contribution is 5.49. The molecule has 0 aromatic carbocycles. The van der Waals surface area contributed by atoms with Crippen LogP contribution in [0.25, 0.3) is 0 Å². The van der Waals surface area contributed by atoms with Crippen molar-refractivity contribution in [3.8, 4) is 0 Å². The summed E-state index contributed by atoms with van der Waals surface area (Å²) in [5.41, 5.74) is 2.09. The predicted octanol–water partition coefficient (Wildman–Crippen LogP) is 1.21. The molecule has 5 N–H and O–H groups in total. The van der Waals surface area contributed by atoms with Crippen molar-refractivity contribution in [1.82, 2.24) is 9.97 Å². The number of nitrogens with zero attached hydrogens (tertiary/aromatic N) is 2. The van der Waals surface area contributed by atoms with Crippen molar-refractivity contribution in [3.63, 3.8) is 0 Å². The average molecular weight is 251 g/mol. The van der Waals surface area contributed by atoms with Crippen molar-refractivity contribution < 1.29 is 5.11 Å². The quantitative estimate of drug-likeness (QED) is 0.464. The Morgan fingerprint density at radius 1 is 1.39 bits per heavy atom. The van der Waals surface area contributed by atoms with Crippen LogP contribution < -0.4 is 16.6 Å². The first-order valence-electron chi connectivity index (χ1n) is 6.24. The van der Waals surface area contributed by atoms with Gasteiger partial charge in [-0.2, -0.15) is 0 Å². The maximum atomic E-state index is 9.71. The zero-order valence-electron chi connectivity index (χ0n) is 11.1. The number of nitrogen functional groups attached to an aromatic ring is 1. The largest absolute Gasteiger partial charge is 0.391 e. The van der Waals surface area contributed by atoms with Crippen molar-refractivity contribution in [1.29, 1.82) is 0 Å². The van der Waals surface area contributed by atoms with Crippen LogP contribution >= 0.6 is 0 Å². The second kappa shape index (κ2) is 4.70. The Morgan fingerprint density at radius 3 is 2.50 bits per heavy atom. The number of hydrazine groups is 1. The third-order valence-electron chi connectivity index (χ3n) is 3.33. The first kappa shape index (κ1) is 13.0. The lowest BCUT2D eigenvalue weighted by Gasteiger charge is -2.30. The van der Waals surface area contributed by atoms with Crippen LogP contribution in [0.15, 0.2) is 6.07 Å². The van der Waals surface area contributed by atoms with E-state index in [1.54, 1.807) is 13.0 Å². The van der Waals surface area contributed by atoms with E-state index in [2.05, 4.69) is 20.7 Å². The molecule has 0 radical (unpaired) electrons. The third kappa shape index (κ3) is 2.88. The Kier molecular flexibility index (Phi) is 3.41. The lowest BCUT2D eigenvalue weighted by Crippen LogP contribution is -2.42. The normalized spacial score (nSPS) is 17.4. The molecule has 1 aromatic heterocycles. The van der Waals surface area contributed by atoms with E-state index >= 15 is 0 Å². The standard InChI is InChI=1S/C12H21N5O/c1-7(18)12(2,3)16-9-6-10(17-13)15-11(14-9)8-4-5-8/h6-8,18H,4-5,13H2,1-3H3,(H2,14,15,16,17). The first-order valence-corrected chi connectivity index (χ1v) is 6.24. The molecule has 1 aliphatic rings. The summed E-state index contributed by atoms with van der Waals surface area (Å²) < 4.78 is 0. The molecule has 1 heterocycles. The van der Waals surface area contributed by atoms with E-state index in [0.717, 1.165) is 18.7 Å². The number of hydrogen-bond donors (Lipinski definition) is 4. The minimum absolute atomic E-state index is 0.452. The number of anilines is 2. The predicted molar refractivity (Wildman–Crippen MR) is 71.2 cm³/mol. The Labute approximate surface area is 107 Å². The Balaban J connectivity index is 2.24. The monoisotopic (exact) mass is 251 g/mol. The molecule has 1 aromatic rings. The Morgan fingerprint density at radius 2 is 2.00 bits per heavy atom. The molecule has 6 heteroatoms. The van der Waals surface area contributed by atoms with E-state index < -0.39 is 11.6 Å². The van der Waals surface area contributed by atoms with Gasteiger partial charge >= 0.3 is 0 Å². The van der Waals surface area contributed by atoms with Crippen LogP contribution in [0.4, 0.5) is 11.6 Å². The van der Waals surface area contributed by atoms with Gasteiger partial charge in [-0.3, -0.25) is 0 Å². The summed E-state index contributed by atoms with van der Waals surface area (Å²) in [6, 6.07) is 1.75. The fraction of sp³-hybridized carbons (Fsp3) is 0.667. The van der Waals surface area contributed by atoms with Crippen LogP contribution in [0, 0.1) is 0 Å². The molecule has 0 spiro atoms. The molecule has 18 heavy (non-hydrogen) atoms. The molecule has 1 saturated carbocycles. The number of hydrogen-bond acceptors (Lipinski definition) is 6. The first-order chi connectivity index (χ1) is 8.42. The van der Waals surface area contributed by atoms with Crippen LogP contribution in [-0.2, 0) is 0 Å². The molecule has 0 aliphatic heterocycles. The molecular weight excluding hydrogens is 230 g/mol. The summed E-state index contributed by atoms with van der Waals surface area (Å²) in [6.07, 6.45) is 1.77. The topological polar surface area (TPSA) is 96.1 Å². The fourth-order valence-electron chi connectivity index (χ4n) is 1.56. The third-order valence-corrected chi connectivity index (χ3v) is 3.33. The number of aromatic nitrogens is 2. The molecule has 2 rings (SSSR count). The van der Waals surface area contributed by atoms with Gasteiger partial charge in [0.05, 0.1) is 11.6 Å². The highest BCUT2D eigenvalue weighted by Gasteiger charge is 2.29. The Hall–Kier alpha value is -1.40. The van der Waals surface area contributed by atoms with Crippen molar-refractivity contribution in [2.24, 2.45) is 5.84 Å².